The van der Waals surface area contributed by atoms with Gasteiger partial charge in [-0.15, -0.1) is 0 Å². The van der Waals surface area contributed by atoms with Crippen molar-refractivity contribution in [3.63, 3.8) is 0 Å². The third kappa shape index (κ3) is 8.63. The second-order valence-corrected chi connectivity index (χ2v) is 11.3. The van der Waals surface area contributed by atoms with Crippen molar-refractivity contribution < 1.29 is 31.2 Å². The van der Waals surface area contributed by atoms with Crippen LogP contribution in [0.25, 0.3) is 0 Å². The van der Waals surface area contributed by atoms with Crippen LogP contribution >= 0.6 is 11.6 Å². The minimum atomic E-state index is -4.83. The Hall–Kier alpha value is -2.79. The van der Waals surface area contributed by atoms with Gasteiger partial charge in [0.1, 0.15) is 12.6 Å². The zero-order chi connectivity index (χ0) is 28.0. The Kier molecular flexibility index (Phi) is 10.4. The standard InChI is InChI=1S/C25H31ClF3N3O4S/c1-5-22(24(34)30-14-17(2)3)31(15-18-9-7-6-8-10-18)23(33)16-32(37(4,35)36)19-11-12-21(26)20(13-19)25(27,28)29/h6-13,17,22H,5,14-16H2,1-4H3,(H,30,34). The SMILES string of the molecule is CCC(C(=O)NCC(C)C)N(Cc1ccccc1)C(=O)CN(c1ccc(Cl)c(C(F)(F)F)c1)S(C)(=O)=O. The van der Waals surface area contributed by atoms with Crippen LogP contribution in [0.15, 0.2) is 48.5 Å². The number of hydrogen-bond donors (Lipinski definition) is 1. The largest absolute Gasteiger partial charge is 0.417 e. The number of rotatable bonds is 11. The number of sulfonamides is 1. The molecule has 0 saturated carbocycles. The number of halogens is 4. The fourth-order valence-corrected chi connectivity index (χ4v) is 4.69. The van der Waals surface area contributed by atoms with E-state index in [2.05, 4.69) is 5.32 Å². The summed E-state index contributed by atoms with van der Waals surface area (Å²) in [6, 6.07) is 10.5. The number of hydrogen-bond acceptors (Lipinski definition) is 4. The van der Waals surface area contributed by atoms with E-state index in [9.17, 15) is 31.2 Å². The molecule has 0 bridgehead atoms. The molecule has 204 valence electrons. The van der Waals surface area contributed by atoms with E-state index in [0.717, 1.165) is 18.4 Å². The zero-order valence-corrected chi connectivity index (χ0v) is 22.6. The highest BCUT2D eigenvalue weighted by Gasteiger charge is 2.36. The summed E-state index contributed by atoms with van der Waals surface area (Å²) in [6.07, 6.45) is -3.81. The fraction of sp³-hybridized carbons (Fsp3) is 0.440. The highest BCUT2D eigenvalue weighted by molar-refractivity contribution is 7.92. The molecule has 0 aliphatic heterocycles. The molecule has 0 radical (unpaired) electrons. The maximum absolute atomic E-state index is 13.6. The molecular weight excluding hydrogens is 531 g/mol. The van der Waals surface area contributed by atoms with Gasteiger partial charge in [0.15, 0.2) is 0 Å². The molecule has 0 aliphatic carbocycles. The van der Waals surface area contributed by atoms with Crippen LogP contribution in [-0.2, 0) is 32.3 Å². The van der Waals surface area contributed by atoms with E-state index in [1.165, 1.54) is 4.90 Å². The molecule has 2 aromatic carbocycles. The van der Waals surface area contributed by atoms with Crippen molar-refractivity contribution in [2.45, 2.75) is 46.0 Å². The monoisotopic (exact) mass is 561 g/mol. The normalized spacial score (nSPS) is 12.8. The maximum atomic E-state index is 13.6. The predicted octanol–water partition coefficient (Wildman–Crippen LogP) is 4.70. The summed E-state index contributed by atoms with van der Waals surface area (Å²) in [5.74, 6) is -0.991. The highest BCUT2D eigenvalue weighted by Crippen LogP contribution is 2.37. The second kappa shape index (κ2) is 12.6. The molecule has 37 heavy (non-hydrogen) atoms. The average Bonchev–Trinajstić information content (AvgIpc) is 2.80. The molecule has 0 aromatic heterocycles. The molecule has 0 spiro atoms. The number of carbonyl (C=O) groups excluding carboxylic acids is 2. The van der Waals surface area contributed by atoms with Gasteiger partial charge >= 0.3 is 6.18 Å². The molecule has 12 heteroatoms. The Bertz CT molecular complexity index is 1190. The van der Waals surface area contributed by atoms with Crippen LogP contribution in [0.4, 0.5) is 18.9 Å². The van der Waals surface area contributed by atoms with Crippen molar-refractivity contribution in [3.05, 3.63) is 64.7 Å². The van der Waals surface area contributed by atoms with Crippen molar-refractivity contribution in [1.29, 1.82) is 0 Å². The summed E-state index contributed by atoms with van der Waals surface area (Å²) in [4.78, 5) is 27.8. The maximum Gasteiger partial charge on any atom is 0.417 e. The van der Waals surface area contributed by atoms with Crippen LogP contribution in [0, 0.1) is 5.92 Å². The van der Waals surface area contributed by atoms with Gasteiger partial charge in [-0.05, 0) is 36.1 Å². The van der Waals surface area contributed by atoms with Gasteiger partial charge in [0.2, 0.25) is 21.8 Å². The number of amides is 2. The Balaban J connectivity index is 2.48. The quantitative estimate of drug-likeness (QED) is 0.431. The molecule has 7 nitrogen and oxygen atoms in total. The van der Waals surface area contributed by atoms with Crippen LogP contribution in [0.5, 0.6) is 0 Å². The van der Waals surface area contributed by atoms with E-state index < -0.39 is 51.2 Å². The van der Waals surface area contributed by atoms with Crippen molar-refractivity contribution in [1.82, 2.24) is 10.2 Å². The minimum absolute atomic E-state index is 0.000695. The summed E-state index contributed by atoms with van der Waals surface area (Å²) >= 11 is 5.69. The lowest BCUT2D eigenvalue weighted by Gasteiger charge is -2.33. The van der Waals surface area contributed by atoms with E-state index >= 15 is 0 Å². The first kappa shape index (κ1) is 30.4. The Morgan fingerprint density at radius 3 is 2.22 bits per heavy atom. The number of anilines is 1. The summed E-state index contributed by atoms with van der Waals surface area (Å²) in [5, 5.41) is 2.19. The Morgan fingerprint density at radius 2 is 1.70 bits per heavy atom. The molecular formula is C25H31ClF3N3O4S. The summed E-state index contributed by atoms with van der Waals surface area (Å²) in [6.45, 7) is 5.12. The minimum Gasteiger partial charge on any atom is -0.354 e. The highest BCUT2D eigenvalue weighted by atomic mass is 35.5. The first-order valence-electron chi connectivity index (χ1n) is 11.6. The summed E-state index contributed by atoms with van der Waals surface area (Å²) in [5.41, 5.74) is -0.902. The number of carbonyl (C=O) groups is 2. The molecule has 1 unspecified atom stereocenters. The predicted molar refractivity (Wildman–Crippen MR) is 138 cm³/mol. The molecule has 0 saturated heterocycles. The van der Waals surface area contributed by atoms with Crippen molar-refractivity contribution in [2.75, 3.05) is 23.7 Å². The van der Waals surface area contributed by atoms with Gasteiger partial charge in [-0.2, -0.15) is 13.2 Å². The van der Waals surface area contributed by atoms with Gasteiger partial charge in [-0.25, -0.2) is 8.42 Å². The van der Waals surface area contributed by atoms with Gasteiger partial charge in [-0.1, -0.05) is 62.7 Å². The molecule has 2 amide bonds. The topological polar surface area (TPSA) is 86.8 Å². The number of nitrogens with zero attached hydrogens (tertiary/aromatic N) is 2. The first-order chi connectivity index (χ1) is 17.1. The van der Waals surface area contributed by atoms with Crippen LogP contribution in [0.2, 0.25) is 5.02 Å². The third-order valence-corrected chi connectivity index (χ3v) is 6.96. The van der Waals surface area contributed by atoms with Crippen molar-refractivity contribution >= 4 is 39.1 Å². The number of nitrogens with one attached hydrogen (secondary N) is 1. The van der Waals surface area contributed by atoms with Gasteiger partial charge < -0.3 is 10.2 Å². The molecule has 0 heterocycles. The lowest BCUT2D eigenvalue weighted by Crippen LogP contribution is -2.52. The van der Waals surface area contributed by atoms with E-state index in [0.29, 0.717) is 22.5 Å². The molecule has 0 aliphatic rings. The smallest absolute Gasteiger partial charge is 0.354 e. The molecule has 1 N–H and O–H groups in total. The summed E-state index contributed by atoms with van der Waals surface area (Å²) in [7, 11) is -4.19. The Labute approximate surface area is 220 Å². The van der Waals surface area contributed by atoms with Gasteiger partial charge in [0, 0.05) is 13.1 Å². The number of benzene rings is 2. The fourth-order valence-electron chi connectivity index (χ4n) is 3.62. The van der Waals surface area contributed by atoms with Crippen LogP contribution in [0.1, 0.15) is 38.3 Å². The summed E-state index contributed by atoms with van der Waals surface area (Å²) < 4.78 is 66.1. The van der Waals surface area contributed by atoms with E-state index in [-0.39, 0.29) is 24.6 Å². The number of alkyl halides is 3. The van der Waals surface area contributed by atoms with E-state index in [1.807, 2.05) is 13.8 Å². The molecule has 1 atom stereocenters. The van der Waals surface area contributed by atoms with Crippen molar-refractivity contribution in [3.8, 4) is 0 Å². The van der Waals surface area contributed by atoms with Gasteiger partial charge in [0.05, 0.1) is 22.5 Å². The van der Waals surface area contributed by atoms with Crippen LogP contribution in [0.3, 0.4) is 0 Å². The van der Waals surface area contributed by atoms with Gasteiger partial charge in [-0.3, -0.25) is 13.9 Å². The van der Waals surface area contributed by atoms with E-state index in [1.54, 1.807) is 37.3 Å². The first-order valence-corrected chi connectivity index (χ1v) is 13.8. The molecule has 2 rings (SSSR count). The van der Waals surface area contributed by atoms with Crippen LogP contribution < -0.4 is 9.62 Å². The molecule has 2 aromatic rings. The Morgan fingerprint density at radius 1 is 1.08 bits per heavy atom. The van der Waals surface area contributed by atoms with Crippen LogP contribution in [-0.4, -0.2) is 50.5 Å². The van der Waals surface area contributed by atoms with Gasteiger partial charge in [0.25, 0.3) is 0 Å². The third-order valence-electron chi connectivity index (χ3n) is 5.49. The lowest BCUT2D eigenvalue weighted by molar-refractivity contribution is -0.140. The zero-order valence-electron chi connectivity index (χ0n) is 21.0. The van der Waals surface area contributed by atoms with E-state index in [4.69, 9.17) is 11.6 Å². The van der Waals surface area contributed by atoms with Crippen molar-refractivity contribution in [2.24, 2.45) is 5.92 Å². The second-order valence-electron chi connectivity index (χ2n) is 9.00. The lowest BCUT2D eigenvalue weighted by atomic mass is 10.1. The average molecular weight is 562 g/mol. The molecule has 0 fully saturated rings.